The Morgan fingerprint density at radius 2 is 1.94 bits per heavy atom. The molecule has 2 heteroatoms. The van der Waals surface area contributed by atoms with Gasteiger partial charge in [0.15, 0.2) is 0 Å². The lowest BCUT2D eigenvalue weighted by Gasteiger charge is -2.34. The molecule has 0 heterocycles. The van der Waals surface area contributed by atoms with E-state index in [2.05, 4.69) is 49.9 Å². The summed E-state index contributed by atoms with van der Waals surface area (Å²) in [6.45, 7) is 4.60. The van der Waals surface area contributed by atoms with Crippen molar-refractivity contribution in [3.8, 4) is 0 Å². The highest BCUT2D eigenvalue weighted by atomic mass is 32.2. The van der Waals surface area contributed by atoms with Crippen LogP contribution in [-0.4, -0.2) is 11.0 Å². The van der Waals surface area contributed by atoms with Crippen molar-refractivity contribution in [3.05, 3.63) is 35.4 Å². The predicted octanol–water partition coefficient (Wildman–Crippen LogP) is 4.49. The molecule has 0 amide bonds. The van der Waals surface area contributed by atoms with Crippen LogP contribution in [0.4, 0.5) is 0 Å². The van der Waals surface area contributed by atoms with E-state index in [1.54, 1.807) is 0 Å². The number of unbranched alkanes of at least 4 members (excludes halogenated alkanes) is 2. The average Bonchev–Trinajstić information content (AvgIpc) is 2.40. The van der Waals surface area contributed by atoms with Crippen molar-refractivity contribution in [2.75, 3.05) is 5.75 Å². The molecule has 0 saturated carbocycles. The van der Waals surface area contributed by atoms with E-state index in [0.29, 0.717) is 11.2 Å². The molecule has 18 heavy (non-hydrogen) atoms. The number of rotatable bonds is 5. The molecule has 0 radical (unpaired) electrons. The van der Waals surface area contributed by atoms with Crippen LogP contribution in [-0.2, 0) is 0 Å². The van der Waals surface area contributed by atoms with Gasteiger partial charge < -0.3 is 5.73 Å². The molecule has 0 spiro atoms. The zero-order valence-corrected chi connectivity index (χ0v) is 12.4. The molecular weight excluding hydrogens is 238 g/mol. The van der Waals surface area contributed by atoms with Gasteiger partial charge in [0, 0.05) is 11.3 Å². The average molecular weight is 263 g/mol. The van der Waals surface area contributed by atoms with Gasteiger partial charge in [0.1, 0.15) is 0 Å². The fourth-order valence-electron chi connectivity index (χ4n) is 2.84. The molecule has 0 bridgehead atoms. The molecule has 1 aromatic rings. The Hall–Kier alpha value is -0.470. The van der Waals surface area contributed by atoms with Crippen LogP contribution in [0.2, 0.25) is 0 Å². The monoisotopic (exact) mass is 263 g/mol. The molecular formula is C16H25NS. The first-order chi connectivity index (χ1) is 8.74. The van der Waals surface area contributed by atoms with Gasteiger partial charge in [0.2, 0.25) is 0 Å². The SMILES string of the molecule is CCCCCSC1CC(C)c2ccccc2C1N. The van der Waals surface area contributed by atoms with Gasteiger partial charge in [0.05, 0.1) is 0 Å². The molecule has 1 aliphatic carbocycles. The highest BCUT2D eigenvalue weighted by Crippen LogP contribution is 2.41. The van der Waals surface area contributed by atoms with Gasteiger partial charge in [-0.2, -0.15) is 11.8 Å². The maximum atomic E-state index is 6.45. The number of nitrogens with two attached hydrogens (primary N) is 1. The number of hydrogen-bond donors (Lipinski definition) is 1. The largest absolute Gasteiger partial charge is 0.323 e. The van der Waals surface area contributed by atoms with E-state index < -0.39 is 0 Å². The minimum atomic E-state index is 0.226. The third-order valence-corrected chi connectivity index (χ3v) is 5.39. The molecule has 3 atom stereocenters. The quantitative estimate of drug-likeness (QED) is 0.792. The topological polar surface area (TPSA) is 26.0 Å². The van der Waals surface area contributed by atoms with Crippen LogP contribution in [0.25, 0.3) is 0 Å². The Morgan fingerprint density at radius 1 is 1.22 bits per heavy atom. The second-order valence-corrected chi connectivity index (χ2v) is 6.75. The summed E-state index contributed by atoms with van der Waals surface area (Å²) in [4.78, 5) is 0. The van der Waals surface area contributed by atoms with Crippen molar-refractivity contribution < 1.29 is 0 Å². The summed E-state index contributed by atoms with van der Waals surface area (Å²) in [6, 6.07) is 8.95. The molecule has 0 saturated heterocycles. The predicted molar refractivity (Wildman–Crippen MR) is 82.2 cm³/mol. The van der Waals surface area contributed by atoms with E-state index in [9.17, 15) is 0 Å². The third-order valence-electron chi connectivity index (χ3n) is 3.95. The van der Waals surface area contributed by atoms with Crippen LogP contribution in [0.5, 0.6) is 0 Å². The van der Waals surface area contributed by atoms with Crippen LogP contribution in [0, 0.1) is 0 Å². The van der Waals surface area contributed by atoms with E-state index in [-0.39, 0.29) is 6.04 Å². The van der Waals surface area contributed by atoms with Gasteiger partial charge in [-0.25, -0.2) is 0 Å². The smallest absolute Gasteiger partial charge is 0.0418 e. The summed E-state index contributed by atoms with van der Waals surface area (Å²) in [5.41, 5.74) is 9.29. The Balaban J connectivity index is 1.99. The summed E-state index contributed by atoms with van der Waals surface area (Å²) >= 11 is 2.09. The normalized spacial score (nSPS) is 26.9. The van der Waals surface area contributed by atoms with Crippen LogP contribution >= 0.6 is 11.8 Å². The molecule has 2 N–H and O–H groups in total. The molecule has 0 fully saturated rings. The Kier molecular flexibility index (Phi) is 5.13. The molecule has 100 valence electrons. The lowest BCUT2D eigenvalue weighted by atomic mass is 9.81. The van der Waals surface area contributed by atoms with Gasteiger partial charge in [-0.3, -0.25) is 0 Å². The zero-order chi connectivity index (χ0) is 13.0. The molecule has 0 aliphatic heterocycles. The summed E-state index contributed by atoms with van der Waals surface area (Å²) in [5.74, 6) is 1.92. The van der Waals surface area contributed by atoms with E-state index in [4.69, 9.17) is 5.73 Å². The molecule has 1 nitrogen and oxygen atoms in total. The first-order valence-corrected chi connectivity index (χ1v) is 8.25. The number of thioether (sulfide) groups is 1. The van der Waals surface area contributed by atoms with Crippen molar-refractivity contribution in [1.29, 1.82) is 0 Å². The Morgan fingerprint density at radius 3 is 2.67 bits per heavy atom. The fraction of sp³-hybridized carbons (Fsp3) is 0.625. The van der Waals surface area contributed by atoms with Crippen molar-refractivity contribution in [3.63, 3.8) is 0 Å². The summed E-state index contributed by atoms with van der Waals surface area (Å²) in [7, 11) is 0. The van der Waals surface area contributed by atoms with E-state index in [0.717, 1.165) is 0 Å². The van der Waals surface area contributed by atoms with Gasteiger partial charge >= 0.3 is 0 Å². The minimum Gasteiger partial charge on any atom is -0.323 e. The van der Waals surface area contributed by atoms with Gasteiger partial charge in [-0.1, -0.05) is 51.0 Å². The molecule has 3 unspecified atom stereocenters. The van der Waals surface area contributed by atoms with Crippen molar-refractivity contribution >= 4 is 11.8 Å². The van der Waals surface area contributed by atoms with Crippen LogP contribution in [0.3, 0.4) is 0 Å². The standard InChI is InChI=1S/C16H25NS/c1-3-4-7-10-18-15-11-12(2)13-8-5-6-9-14(13)16(15)17/h5-6,8-9,12,15-16H,3-4,7,10-11,17H2,1-2H3. The maximum Gasteiger partial charge on any atom is 0.0418 e. The maximum absolute atomic E-state index is 6.45. The van der Waals surface area contributed by atoms with Gasteiger partial charge in [0.25, 0.3) is 0 Å². The number of benzene rings is 1. The van der Waals surface area contributed by atoms with Crippen molar-refractivity contribution in [2.24, 2.45) is 5.73 Å². The number of fused-ring (bicyclic) bond motifs is 1. The molecule has 1 aromatic carbocycles. The summed E-state index contributed by atoms with van der Waals surface area (Å²) < 4.78 is 0. The highest BCUT2D eigenvalue weighted by Gasteiger charge is 2.30. The lowest BCUT2D eigenvalue weighted by molar-refractivity contribution is 0.527. The molecule has 1 aliphatic rings. The summed E-state index contributed by atoms with van der Waals surface area (Å²) in [5, 5.41) is 0.603. The van der Waals surface area contributed by atoms with E-state index in [1.165, 1.54) is 42.6 Å². The third kappa shape index (κ3) is 3.10. The van der Waals surface area contributed by atoms with E-state index >= 15 is 0 Å². The van der Waals surface area contributed by atoms with Crippen LogP contribution in [0.1, 0.15) is 62.6 Å². The first-order valence-electron chi connectivity index (χ1n) is 7.20. The number of hydrogen-bond acceptors (Lipinski definition) is 2. The van der Waals surface area contributed by atoms with Gasteiger partial charge in [-0.05, 0) is 35.6 Å². The fourth-order valence-corrected chi connectivity index (χ4v) is 4.30. The van der Waals surface area contributed by atoms with Gasteiger partial charge in [-0.15, -0.1) is 0 Å². The Labute approximate surface area is 116 Å². The summed E-state index contributed by atoms with van der Waals surface area (Å²) in [6.07, 6.45) is 5.22. The highest BCUT2D eigenvalue weighted by molar-refractivity contribution is 7.99. The van der Waals surface area contributed by atoms with Crippen molar-refractivity contribution in [1.82, 2.24) is 0 Å². The van der Waals surface area contributed by atoms with E-state index in [1.807, 2.05) is 0 Å². The zero-order valence-electron chi connectivity index (χ0n) is 11.6. The minimum absolute atomic E-state index is 0.226. The molecule has 0 aromatic heterocycles. The van der Waals surface area contributed by atoms with Crippen LogP contribution in [0.15, 0.2) is 24.3 Å². The first kappa shape index (κ1) is 14.0. The van der Waals surface area contributed by atoms with Crippen molar-refractivity contribution in [2.45, 2.75) is 56.7 Å². The second kappa shape index (κ2) is 6.63. The second-order valence-electron chi connectivity index (χ2n) is 5.41. The van der Waals surface area contributed by atoms with Crippen LogP contribution < -0.4 is 5.73 Å². The lowest BCUT2D eigenvalue weighted by Crippen LogP contribution is -2.31. The Bertz CT molecular complexity index is 377. The molecule has 2 rings (SSSR count).